The Hall–Kier alpha value is -2.03. The van der Waals surface area contributed by atoms with Crippen LogP contribution in [-0.2, 0) is 4.79 Å². The smallest absolute Gasteiger partial charge is 0.181 e. The Bertz CT molecular complexity index is 391. The van der Waals surface area contributed by atoms with Gasteiger partial charge in [-0.05, 0) is 18.2 Å². The average Bonchev–Trinajstić information content (AvgIpc) is 2.18. The molecule has 72 valence electrons. The Morgan fingerprint density at radius 2 is 2.00 bits per heavy atom. The molecule has 0 heterocycles. The van der Waals surface area contributed by atoms with E-state index in [9.17, 15) is 15.0 Å². The lowest BCUT2D eigenvalue weighted by Gasteiger charge is -2.01. The minimum atomic E-state index is -0.411. The average molecular weight is 190 g/mol. The largest absolute Gasteiger partial charge is 0.507 e. The Morgan fingerprint density at radius 3 is 2.57 bits per heavy atom. The summed E-state index contributed by atoms with van der Waals surface area (Å²) in [6, 6.07) is 6.22. The monoisotopic (exact) mass is 190 g/mol. The van der Waals surface area contributed by atoms with Crippen molar-refractivity contribution in [1.82, 2.24) is 0 Å². The summed E-state index contributed by atoms with van der Waals surface area (Å²) in [5.74, 6) is -0.753. The summed E-state index contributed by atoms with van der Waals surface area (Å²) in [4.78, 5) is 10.9. The van der Waals surface area contributed by atoms with Crippen LogP contribution >= 0.6 is 0 Å². The van der Waals surface area contributed by atoms with Crippen LogP contribution in [0.2, 0.25) is 0 Å². The number of carbonyl (C=O) groups excluding carboxylic acids is 1. The molecule has 0 saturated carbocycles. The summed E-state index contributed by atoms with van der Waals surface area (Å²) in [5, 5.41) is 18.8. The first-order chi connectivity index (χ1) is 6.65. The maximum absolute atomic E-state index is 10.9. The predicted octanol–water partition coefficient (Wildman–Crippen LogP) is 2.05. The fourth-order valence-electron chi connectivity index (χ4n) is 0.962. The minimum Gasteiger partial charge on any atom is -0.507 e. The number of aliphatic hydroxyl groups excluding tert-OH is 1. The van der Waals surface area contributed by atoms with E-state index < -0.39 is 5.78 Å². The highest BCUT2D eigenvalue weighted by Crippen LogP contribution is 2.22. The first-order valence-electron chi connectivity index (χ1n) is 4.00. The number of aromatic hydroxyl groups is 1. The van der Waals surface area contributed by atoms with E-state index in [0.717, 1.165) is 12.2 Å². The number of phenolic OH excluding ortho intramolecular Hbond substituents is 1. The molecule has 0 radical (unpaired) electrons. The van der Waals surface area contributed by atoms with Gasteiger partial charge >= 0.3 is 0 Å². The number of ketones is 1. The van der Waals surface area contributed by atoms with Gasteiger partial charge in [-0.2, -0.15) is 0 Å². The van der Waals surface area contributed by atoms with Crippen molar-refractivity contribution in [2.24, 2.45) is 0 Å². The van der Waals surface area contributed by atoms with Crippen LogP contribution in [0.25, 0.3) is 5.76 Å². The normalized spacial score (nSPS) is 11.0. The molecule has 0 saturated heterocycles. The Kier molecular flexibility index (Phi) is 3.07. The van der Waals surface area contributed by atoms with Gasteiger partial charge < -0.3 is 10.2 Å². The number of allylic oxidation sites excluding steroid dienone is 2. The first-order valence-corrected chi connectivity index (χ1v) is 4.00. The molecule has 0 aliphatic carbocycles. The second-order valence-electron chi connectivity index (χ2n) is 2.65. The first kappa shape index (κ1) is 10.1. The van der Waals surface area contributed by atoms with Gasteiger partial charge in [0.15, 0.2) is 5.78 Å². The third-order valence-corrected chi connectivity index (χ3v) is 1.66. The van der Waals surface area contributed by atoms with Gasteiger partial charge in [0.05, 0.1) is 5.56 Å². The van der Waals surface area contributed by atoms with E-state index >= 15 is 0 Å². The number of para-hydroxylation sites is 1. The second-order valence-corrected chi connectivity index (χ2v) is 2.65. The molecule has 1 rings (SSSR count). The third kappa shape index (κ3) is 2.23. The van der Waals surface area contributed by atoms with Gasteiger partial charge in [0, 0.05) is 6.08 Å². The van der Waals surface area contributed by atoms with Crippen LogP contribution in [0.1, 0.15) is 5.56 Å². The van der Waals surface area contributed by atoms with Crippen molar-refractivity contribution in [1.29, 1.82) is 0 Å². The van der Waals surface area contributed by atoms with Crippen LogP contribution in [0.4, 0.5) is 0 Å². The highest BCUT2D eigenvalue weighted by atomic mass is 16.3. The lowest BCUT2D eigenvalue weighted by molar-refractivity contribution is -0.110. The van der Waals surface area contributed by atoms with Gasteiger partial charge in [-0.25, -0.2) is 0 Å². The van der Waals surface area contributed by atoms with E-state index in [4.69, 9.17) is 0 Å². The molecule has 0 aliphatic heterocycles. The van der Waals surface area contributed by atoms with Crippen LogP contribution in [-0.4, -0.2) is 16.0 Å². The molecule has 0 spiro atoms. The number of hydrogen-bond acceptors (Lipinski definition) is 3. The molecule has 3 nitrogen and oxygen atoms in total. The van der Waals surface area contributed by atoms with Gasteiger partial charge in [0.2, 0.25) is 0 Å². The number of hydrogen-bond donors (Lipinski definition) is 2. The van der Waals surface area contributed by atoms with Gasteiger partial charge in [-0.1, -0.05) is 18.7 Å². The molecule has 14 heavy (non-hydrogen) atoms. The SMILES string of the molecule is C=CC(=O)/C=C(\O)c1ccccc1O. The molecule has 0 unspecified atom stereocenters. The zero-order valence-corrected chi connectivity index (χ0v) is 7.47. The zero-order valence-electron chi connectivity index (χ0n) is 7.47. The maximum atomic E-state index is 10.9. The summed E-state index contributed by atoms with van der Waals surface area (Å²) in [5.41, 5.74) is 0.225. The summed E-state index contributed by atoms with van der Waals surface area (Å²) < 4.78 is 0. The Labute approximate surface area is 81.6 Å². The van der Waals surface area contributed by atoms with Gasteiger partial charge in [0.1, 0.15) is 11.5 Å². The van der Waals surface area contributed by atoms with E-state index in [1.54, 1.807) is 12.1 Å². The Morgan fingerprint density at radius 1 is 1.36 bits per heavy atom. The van der Waals surface area contributed by atoms with Crippen molar-refractivity contribution in [2.45, 2.75) is 0 Å². The quantitative estimate of drug-likeness (QED) is 0.566. The van der Waals surface area contributed by atoms with E-state index in [1.165, 1.54) is 12.1 Å². The molecular weight excluding hydrogens is 180 g/mol. The van der Waals surface area contributed by atoms with Crippen LogP contribution in [0.3, 0.4) is 0 Å². The zero-order chi connectivity index (χ0) is 10.6. The number of aliphatic hydroxyl groups is 1. The maximum Gasteiger partial charge on any atom is 0.181 e. The minimum absolute atomic E-state index is 0.0712. The van der Waals surface area contributed by atoms with Crippen LogP contribution in [0, 0.1) is 0 Å². The molecule has 0 amide bonds. The summed E-state index contributed by atoms with van der Waals surface area (Å²) >= 11 is 0. The van der Waals surface area contributed by atoms with Crippen molar-refractivity contribution < 1.29 is 15.0 Å². The molecule has 1 aromatic rings. The van der Waals surface area contributed by atoms with E-state index in [0.29, 0.717) is 0 Å². The molecule has 2 N–H and O–H groups in total. The second kappa shape index (κ2) is 4.28. The van der Waals surface area contributed by atoms with Crippen LogP contribution < -0.4 is 0 Å². The summed E-state index contributed by atoms with van der Waals surface area (Å²) in [6.07, 6.45) is 2.08. The fraction of sp³-hybridized carbons (Fsp3) is 0. The molecule has 1 aromatic carbocycles. The standard InChI is InChI=1S/C11H10O3/c1-2-8(12)7-11(14)9-5-3-4-6-10(9)13/h2-7,13-14H,1H2/b11-7-. The van der Waals surface area contributed by atoms with Crippen molar-refractivity contribution in [3.8, 4) is 5.75 Å². The van der Waals surface area contributed by atoms with E-state index in [1.807, 2.05) is 0 Å². The number of benzene rings is 1. The topological polar surface area (TPSA) is 57.5 Å². The summed E-state index contributed by atoms with van der Waals surface area (Å²) in [7, 11) is 0. The molecule has 0 aromatic heterocycles. The van der Waals surface area contributed by atoms with Crippen LogP contribution in [0.15, 0.2) is 43.0 Å². The predicted molar refractivity (Wildman–Crippen MR) is 53.9 cm³/mol. The highest BCUT2D eigenvalue weighted by molar-refractivity contribution is 6.03. The van der Waals surface area contributed by atoms with E-state index in [2.05, 4.69) is 6.58 Å². The van der Waals surface area contributed by atoms with Gasteiger partial charge in [0.25, 0.3) is 0 Å². The number of carbonyl (C=O) groups is 1. The molecule has 0 fully saturated rings. The lowest BCUT2D eigenvalue weighted by Crippen LogP contribution is -1.90. The molecule has 0 atom stereocenters. The summed E-state index contributed by atoms with van der Waals surface area (Å²) in [6.45, 7) is 3.26. The third-order valence-electron chi connectivity index (χ3n) is 1.66. The van der Waals surface area contributed by atoms with Crippen molar-refractivity contribution in [3.05, 3.63) is 48.6 Å². The lowest BCUT2D eigenvalue weighted by atomic mass is 10.1. The highest BCUT2D eigenvalue weighted by Gasteiger charge is 2.05. The molecule has 3 heteroatoms. The van der Waals surface area contributed by atoms with E-state index in [-0.39, 0.29) is 17.1 Å². The fourth-order valence-corrected chi connectivity index (χ4v) is 0.962. The van der Waals surface area contributed by atoms with Crippen molar-refractivity contribution in [3.63, 3.8) is 0 Å². The number of phenols is 1. The molecule has 0 aliphatic rings. The number of rotatable bonds is 3. The van der Waals surface area contributed by atoms with Gasteiger partial charge in [-0.3, -0.25) is 4.79 Å². The van der Waals surface area contributed by atoms with Crippen molar-refractivity contribution in [2.75, 3.05) is 0 Å². The molecule has 0 bridgehead atoms. The van der Waals surface area contributed by atoms with Crippen LogP contribution in [0.5, 0.6) is 5.75 Å². The van der Waals surface area contributed by atoms with Gasteiger partial charge in [-0.15, -0.1) is 0 Å². The Balaban J connectivity index is 3.06. The molecular formula is C11H10O3. The van der Waals surface area contributed by atoms with Crippen molar-refractivity contribution >= 4 is 11.5 Å².